The number of aromatic nitrogens is 5. The number of piperidine rings is 1. The Kier molecular flexibility index (Phi) is 4.05. The van der Waals surface area contributed by atoms with Gasteiger partial charge < -0.3 is 9.55 Å². The molecule has 1 N–H and O–H groups in total. The molecule has 25 heavy (non-hydrogen) atoms. The molecule has 1 saturated carbocycles. The SMILES string of the molecule is Cn1c(CN2CCCC(c3ncc(C(F)(F)F)[nH]3)C2)nnc1C1CC1. The monoisotopic (exact) mass is 354 g/mol. The molecule has 1 aliphatic carbocycles. The second-order valence-electron chi connectivity index (χ2n) is 7.06. The molecule has 1 unspecified atom stereocenters. The second-order valence-corrected chi connectivity index (χ2v) is 7.06. The molecule has 0 amide bonds. The summed E-state index contributed by atoms with van der Waals surface area (Å²) in [4.78, 5) is 8.64. The summed E-state index contributed by atoms with van der Waals surface area (Å²) in [6, 6.07) is 0. The Hall–Kier alpha value is -1.90. The lowest BCUT2D eigenvalue weighted by atomic mass is 9.97. The van der Waals surface area contributed by atoms with E-state index >= 15 is 0 Å². The van der Waals surface area contributed by atoms with Crippen LogP contribution in [0.25, 0.3) is 0 Å². The quantitative estimate of drug-likeness (QED) is 0.917. The molecule has 9 heteroatoms. The van der Waals surface area contributed by atoms with Crippen molar-refractivity contribution in [2.24, 2.45) is 7.05 Å². The predicted octanol–water partition coefficient (Wildman–Crippen LogP) is 2.81. The summed E-state index contributed by atoms with van der Waals surface area (Å²) in [5.74, 6) is 2.92. The smallest absolute Gasteiger partial charge is 0.338 e. The number of halogens is 3. The van der Waals surface area contributed by atoms with Crippen LogP contribution in [0.1, 0.15) is 60.7 Å². The lowest BCUT2D eigenvalue weighted by molar-refractivity contribution is -0.141. The van der Waals surface area contributed by atoms with E-state index in [9.17, 15) is 13.2 Å². The van der Waals surface area contributed by atoms with Gasteiger partial charge in [0, 0.05) is 25.4 Å². The van der Waals surface area contributed by atoms with Gasteiger partial charge in [-0.15, -0.1) is 10.2 Å². The number of imidazole rings is 1. The molecule has 1 saturated heterocycles. The summed E-state index contributed by atoms with van der Waals surface area (Å²) in [7, 11) is 1.99. The summed E-state index contributed by atoms with van der Waals surface area (Å²) >= 11 is 0. The molecular formula is C16H21F3N6. The lowest BCUT2D eigenvalue weighted by Crippen LogP contribution is -2.35. The second kappa shape index (κ2) is 6.12. The van der Waals surface area contributed by atoms with Crippen molar-refractivity contribution in [2.75, 3.05) is 13.1 Å². The zero-order valence-corrected chi connectivity index (χ0v) is 14.1. The van der Waals surface area contributed by atoms with E-state index in [2.05, 4.69) is 29.6 Å². The number of hydrogen-bond donors (Lipinski definition) is 1. The van der Waals surface area contributed by atoms with E-state index in [-0.39, 0.29) is 5.92 Å². The average Bonchev–Trinajstić information content (AvgIpc) is 3.15. The molecule has 2 aromatic rings. The molecular weight excluding hydrogens is 333 g/mol. The third kappa shape index (κ3) is 3.42. The number of aromatic amines is 1. The minimum absolute atomic E-state index is 0.0130. The Morgan fingerprint density at radius 2 is 2.00 bits per heavy atom. The van der Waals surface area contributed by atoms with E-state index in [0.29, 0.717) is 24.8 Å². The Labute approximate surface area is 143 Å². The van der Waals surface area contributed by atoms with Gasteiger partial charge in [-0.2, -0.15) is 13.2 Å². The molecule has 2 fully saturated rings. The van der Waals surface area contributed by atoms with Gasteiger partial charge in [0.05, 0.1) is 12.7 Å². The summed E-state index contributed by atoms with van der Waals surface area (Å²) < 4.78 is 40.3. The number of nitrogens with one attached hydrogen (secondary N) is 1. The van der Waals surface area contributed by atoms with Crippen LogP contribution in [0, 0.1) is 0 Å². The largest absolute Gasteiger partial charge is 0.432 e. The fourth-order valence-corrected chi connectivity index (χ4v) is 3.52. The first-order valence-electron chi connectivity index (χ1n) is 8.64. The van der Waals surface area contributed by atoms with Crippen LogP contribution in [0.5, 0.6) is 0 Å². The van der Waals surface area contributed by atoms with E-state index in [1.165, 1.54) is 12.8 Å². The molecule has 2 aromatic heterocycles. The van der Waals surface area contributed by atoms with Crippen molar-refractivity contribution in [3.63, 3.8) is 0 Å². The maximum absolute atomic E-state index is 12.7. The van der Waals surface area contributed by atoms with E-state index in [1.54, 1.807) is 0 Å². The molecule has 6 nitrogen and oxygen atoms in total. The third-order valence-electron chi connectivity index (χ3n) is 5.10. The number of hydrogen-bond acceptors (Lipinski definition) is 4. The van der Waals surface area contributed by atoms with Crippen LogP contribution in [0.3, 0.4) is 0 Å². The molecule has 0 bridgehead atoms. The first-order chi connectivity index (χ1) is 11.9. The fraction of sp³-hybridized carbons (Fsp3) is 0.688. The van der Waals surface area contributed by atoms with Crippen molar-refractivity contribution in [3.8, 4) is 0 Å². The minimum atomic E-state index is -4.38. The maximum atomic E-state index is 12.7. The summed E-state index contributed by atoms with van der Waals surface area (Å²) in [6.45, 7) is 2.25. The zero-order valence-electron chi connectivity index (χ0n) is 14.1. The van der Waals surface area contributed by atoms with Crippen molar-refractivity contribution in [3.05, 3.63) is 29.4 Å². The Morgan fingerprint density at radius 3 is 2.68 bits per heavy atom. The highest BCUT2D eigenvalue weighted by atomic mass is 19.4. The van der Waals surface area contributed by atoms with Gasteiger partial charge in [0.25, 0.3) is 0 Å². The van der Waals surface area contributed by atoms with Gasteiger partial charge in [0.1, 0.15) is 23.2 Å². The van der Waals surface area contributed by atoms with E-state index in [4.69, 9.17) is 0 Å². The Balaban J connectivity index is 1.43. The molecule has 0 radical (unpaired) electrons. The standard InChI is InChI=1S/C16H21F3N6/c1-24-13(22-23-15(24)10-4-5-10)9-25-6-2-3-11(8-25)14-20-7-12(21-14)16(17,18)19/h7,10-11H,2-6,8-9H2,1H3,(H,20,21). The van der Waals surface area contributed by atoms with E-state index < -0.39 is 11.9 Å². The molecule has 1 aliphatic heterocycles. The van der Waals surface area contributed by atoms with Gasteiger partial charge in [0.15, 0.2) is 0 Å². The summed E-state index contributed by atoms with van der Waals surface area (Å²) in [5, 5.41) is 8.60. The molecule has 2 aliphatic rings. The number of nitrogens with zero attached hydrogens (tertiary/aromatic N) is 5. The predicted molar refractivity (Wildman–Crippen MR) is 83.8 cm³/mol. The summed E-state index contributed by atoms with van der Waals surface area (Å²) in [5.41, 5.74) is -0.776. The third-order valence-corrected chi connectivity index (χ3v) is 5.10. The minimum Gasteiger partial charge on any atom is -0.338 e. The van der Waals surface area contributed by atoms with Crippen molar-refractivity contribution in [1.82, 2.24) is 29.6 Å². The van der Waals surface area contributed by atoms with Crippen LogP contribution in [0.15, 0.2) is 6.20 Å². The average molecular weight is 354 g/mol. The maximum Gasteiger partial charge on any atom is 0.432 e. The van der Waals surface area contributed by atoms with Crippen LogP contribution in [-0.2, 0) is 19.8 Å². The highest BCUT2D eigenvalue weighted by molar-refractivity contribution is 5.11. The first kappa shape index (κ1) is 16.6. The fourth-order valence-electron chi connectivity index (χ4n) is 3.52. The highest BCUT2D eigenvalue weighted by Crippen LogP contribution is 2.39. The molecule has 1 atom stereocenters. The van der Waals surface area contributed by atoms with Crippen LogP contribution in [0.4, 0.5) is 13.2 Å². The Morgan fingerprint density at radius 1 is 1.20 bits per heavy atom. The molecule has 0 aromatic carbocycles. The topological polar surface area (TPSA) is 62.6 Å². The van der Waals surface area contributed by atoms with Crippen molar-refractivity contribution in [1.29, 1.82) is 0 Å². The normalized spacial score (nSPS) is 22.5. The van der Waals surface area contributed by atoms with Crippen LogP contribution in [-0.4, -0.2) is 42.7 Å². The van der Waals surface area contributed by atoms with Gasteiger partial charge in [-0.1, -0.05) is 0 Å². The van der Waals surface area contributed by atoms with Crippen LogP contribution < -0.4 is 0 Å². The number of H-pyrrole nitrogens is 1. The summed E-state index contributed by atoms with van der Waals surface area (Å²) in [6.07, 6.45) is 0.638. The first-order valence-corrected chi connectivity index (χ1v) is 8.64. The van der Waals surface area contributed by atoms with Crippen molar-refractivity contribution < 1.29 is 13.2 Å². The van der Waals surface area contributed by atoms with Crippen molar-refractivity contribution in [2.45, 2.75) is 50.2 Å². The van der Waals surface area contributed by atoms with Gasteiger partial charge in [-0.05, 0) is 32.2 Å². The van der Waals surface area contributed by atoms with E-state index in [0.717, 1.165) is 37.2 Å². The number of likely N-dealkylation sites (tertiary alicyclic amines) is 1. The van der Waals surface area contributed by atoms with Gasteiger partial charge in [0.2, 0.25) is 0 Å². The van der Waals surface area contributed by atoms with Gasteiger partial charge in [-0.3, -0.25) is 4.90 Å². The molecule has 3 heterocycles. The highest BCUT2D eigenvalue weighted by Gasteiger charge is 2.35. The number of alkyl halides is 3. The van der Waals surface area contributed by atoms with Crippen molar-refractivity contribution >= 4 is 0 Å². The van der Waals surface area contributed by atoms with Crippen LogP contribution in [0.2, 0.25) is 0 Å². The molecule has 0 spiro atoms. The molecule has 4 rings (SSSR count). The van der Waals surface area contributed by atoms with Gasteiger partial charge >= 0.3 is 6.18 Å². The Bertz CT molecular complexity index is 745. The lowest BCUT2D eigenvalue weighted by Gasteiger charge is -2.31. The number of rotatable bonds is 4. The molecule has 136 valence electrons. The zero-order chi connectivity index (χ0) is 17.6. The van der Waals surface area contributed by atoms with E-state index in [1.807, 2.05) is 7.05 Å². The van der Waals surface area contributed by atoms with Crippen LogP contribution >= 0.6 is 0 Å². The van der Waals surface area contributed by atoms with Gasteiger partial charge in [-0.25, -0.2) is 4.98 Å².